The molecular formula is C24H22BrN3O4. The van der Waals surface area contributed by atoms with Crippen LogP contribution in [0.15, 0.2) is 69.6 Å². The lowest BCUT2D eigenvalue weighted by Gasteiger charge is -2.36. The molecule has 164 valence electrons. The van der Waals surface area contributed by atoms with Crippen LogP contribution in [0, 0.1) is 25.2 Å². The van der Waals surface area contributed by atoms with Crippen LogP contribution in [0.3, 0.4) is 0 Å². The summed E-state index contributed by atoms with van der Waals surface area (Å²) in [4.78, 5) is 27.5. The summed E-state index contributed by atoms with van der Waals surface area (Å²) in [6, 6.07) is 14.7. The van der Waals surface area contributed by atoms with Crippen molar-refractivity contribution in [3.8, 4) is 6.07 Å². The maximum atomic E-state index is 13.1. The van der Waals surface area contributed by atoms with E-state index in [2.05, 4.69) is 22.0 Å². The van der Waals surface area contributed by atoms with Crippen molar-refractivity contribution in [2.45, 2.75) is 19.8 Å². The number of benzene rings is 2. The average Bonchev–Trinajstić information content (AvgIpc) is 2.80. The molecule has 2 N–H and O–H groups in total. The van der Waals surface area contributed by atoms with E-state index in [9.17, 15) is 14.9 Å². The van der Waals surface area contributed by atoms with Crippen LogP contribution in [-0.2, 0) is 19.1 Å². The summed E-state index contributed by atoms with van der Waals surface area (Å²) in [6.45, 7) is 3.78. The number of carbonyl (C=O) groups is 2. The van der Waals surface area contributed by atoms with Crippen molar-refractivity contribution in [1.82, 2.24) is 0 Å². The van der Waals surface area contributed by atoms with E-state index >= 15 is 0 Å². The molecule has 1 atom stereocenters. The average molecular weight is 496 g/mol. The van der Waals surface area contributed by atoms with Crippen molar-refractivity contribution in [3.63, 3.8) is 0 Å². The van der Waals surface area contributed by atoms with E-state index in [1.165, 1.54) is 19.1 Å². The van der Waals surface area contributed by atoms with Gasteiger partial charge in [0.2, 0.25) is 0 Å². The van der Waals surface area contributed by atoms with Gasteiger partial charge in [-0.3, -0.25) is 4.90 Å². The number of hydrogen-bond donors (Lipinski definition) is 1. The minimum absolute atomic E-state index is 0.0201. The highest BCUT2D eigenvalue weighted by molar-refractivity contribution is 9.10. The van der Waals surface area contributed by atoms with Crippen molar-refractivity contribution in [2.24, 2.45) is 5.73 Å². The van der Waals surface area contributed by atoms with Gasteiger partial charge in [-0.25, -0.2) is 9.59 Å². The number of allylic oxidation sites excluding steroid dienone is 1. The largest absolute Gasteiger partial charge is 0.466 e. The van der Waals surface area contributed by atoms with Crippen LogP contribution in [0.5, 0.6) is 0 Å². The van der Waals surface area contributed by atoms with Gasteiger partial charge in [0.1, 0.15) is 11.5 Å². The molecule has 0 radical (unpaired) electrons. The van der Waals surface area contributed by atoms with Gasteiger partial charge < -0.3 is 15.2 Å². The molecule has 0 amide bonds. The summed E-state index contributed by atoms with van der Waals surface area (Å²) in [5.74, 6) is -2.39. The lowest BCUT2D eigenvalue weighted by atomic mass is 9.80. The zero-order chi connectivity index (χ0) is 23.6. The van der Waals surface area contributed by atoms with Crippen molar-refractivity contribution in [3.05, 3.63) is 86.3 Å². The molecule has 0 aliphatic carbocycles. The van der Waals surface area contributed by atoms with Gasteiger partial charge >= 0.3 is 11.9 Å². The van der Waals surface area contributed by atoms with Crippen LogP contribution in [0.2, 0.25) is 0 Å². The fraction of sp³-hybridized carbons (Fsp3) is 0.208. The van der Waals surface area contributed by atoms with Crippen LogP contribution in [-0.4, -0.2) is 26.2 Å². The van der Waals surface area contributed by atoms with E-state index in [1.54, 1.807) is 30.3 Å². The Hall–Kier alpha value is -3.57. The molecule has 3 rings (SSSR count). The molecule has 0 bridgehead atoms. The molecule has 2 aromatic rings. The first-order chi connectivity index (χ1) is 15.3. The minimum Gasteiger partial charge on any atom is -0.466 e. The first-order valence-corrected chi connectivity index (χ1v) is 10.5. The molecule has 0 fully saturated rings. The Kier molecular flexibility index (Phi) is 6.70. The second-order valence-electron chi connectivity index (χ2n) is 7.20. The fourth-order valence-electron chi connectivity index (χ4n) is 3.79. The SMILES string of the molecule is COC(=O)C1=C(C(=O)OC)N(c2cc(Br)cc(C)c2C)C(N)=C(C#N)C1c1ccccc1. The van der Waals surface area contributed by atoms with Crippen LogP contribution < -0.4 is 10.6 Å². The number of methoxy groups -OCH3 is 2. The number of halogens is 1. The number of anilines is 1. The highest BCUT2D eigenvalue weighted by atomic mass is 79.9. The maximum Gasteiger partial charge on any atom is 0.355 e. The number of carbonyl (C=O) groups excluding carboxylic acids is 2. The van der Waals surface area contributed by atoms with Crippen molar-refractivity contribution >= 4 is 33.6 Å². The first-order valence-electron chi connectivity index (χ1n) is 9.69. The third kappa shape index (κ3) is 3.87. The number of esters is 2. The topological polar surface area (TPSA) is 106 Å². The lowest BCUT2D eigenvalue weighted by Crippen LogP contribution is -2.41. The van der Waals surface area contributed by atoms with Crippen LogP contribution in [0.1, 0.15) is 22.6 Å². The smallest absolute Gasteiger partial charge is 0.355 e. The monoisotopic (exact) mass is 495 g/mol. The van der Waals surface area contributed by atoms with Crippen LogP contribution in [0.25, 0.3) is 0 Å². The number of ether oxygens (including phenoxy) is 2. The van der Waals surface area contributed by atoms with Gasteiger partial charge in [0, 0.05) is 4.47 Å². The van der Waals surface area contributed by atoms with Crippen LogP contribution >= 0.6 is 15.9 Å². The van der Waals surface area contributed by atoms with E-state index in [0.717, 1.165) is 15.6 Å². The Bertz CT molecular complexity index is 1200. The highest BCUT2D eigenvalue weighted by Gasteiger charge is 2.43. The summed E-state index contributed by atoms with van der Waals surface area (Å²) in [5.41, 5.74) is 9.44. The number of nitrogens with two attached hydrogens (primary N) is 1. The van der Waals surface area contributed by atoms with Gasteiger partial charge in [-0.05, 0) is 42.7 Å². The predicted molar refractivity (Wildman–Crippen MR) is 123 cm³/mol. The van der Waals surface area contributed by atoms with E-state index in [0.29, 0.717) is 11.3 Å². The summed E-state index contributed by atoms with van der Waals surface area (Å²) < 4.78 is 10.8. The molecule has 0 spiro atoms. The molecule has 1 unspecified atom stereocenters. The van der Waals surface area contributed by atoms with E-state index in [4.69, 9.17) is 15.2 Å². The predicted octanol–water partition coefficient (Wildman–Crippen LogP) is 3.96. The summed E-state index contributed by atoms with van der Waals surface area (Å²) in [5, 5.41) is 10.1. The normalized spacial score (nSPS) is 16.0. The Labute approximate surface area is 194 Å². The number of hydrogen-bond acceptors (Lipinski definition) is 7. The molecule has 8 heteroatoms. The third-order valence-electron chi connectivity index (χ3n) is 5.46. The Morgan fingerprint density at radius 3 is 2.28 bits per heavy atom. The number of rotatable bonds is 4. The molecule has 2 aromatic carbocycles. The van der Waals surface area contributed by atoms with E-state index in [-0.39, 0.29) is 22.7 Å². The summed E-state index contributed by atoms with van der Waals surface area (Å²) >= 11 is 3.47. The van der Waals surface area contributed by atoms with Gasteiger partial charge in [0.15, 0.2) is 0 Å². The number of nitriles is 1. The maximum absolute atomic E-state index is 13.1. The van der Waals surface area contributed by atoms with E-state index < -0.39 is 17.9 Å². The zero-order valence-electron chi connectivity index (χ0n) is 18.1. The Morgan fingerprint density at radius 1 is 1.09 bits per heavy atom. The molecule has 32 heavy (non-hydrogen) atoms. The molecule has 0 aromatic heterocycles. The standard InChI is InChI=1S/C24H22BrN3O4/c1-13-10-16(25)11-18(14(13)2)28-21(24(30)32-4)20(23(29)31-3)19(17(12-26)22(28)27)15-8-6-5-7-9-15/h5-11,19H,27H2,1-4H3. The van der Waals surface area contributed by atoms with Gasteiger partial charge in [0.05, 0.1) is 43.0 Å². The molecule has 0 saturated heterocycles. The second-order valence-corrected chi connectivity index (χ2v) is 8.12. The Morgan fingerprint density at radius 2 is 1.72 bits per heavy atom. The van der Waals surface area contributed by atoms with Gasteiger partial charge in [-0.15, -0.1) is 0 Å². The molecule has 7 nitrogen and oxygen atoms in total. The molecule has 1 aliphatic heterocycles. The first kappa shape index (κ1) is 23.1. The lowest BCUT2D eigenvalue weighted by molar-refractivity contribution is -0.139. The van der Waals surface area contributed by atoms with Gasteiger partial charge in [-0.1, -0.05) is 46.3 Å². The van der Waals surface area contributed by atoms with Gasteiger partial charge in [-0.2, -0.15) is 5.26 Å². The molecule has 0 saturated carbocycles. The highest BCUT2D eigenvalue weighted by Crippen LogP contribution is 2.44. The number of nitrogens with zero attached hydrogens (tertiary/aromatic N) is 2. The van der Waals surface area contributed by atoms with Crippen molar-refractivity contribution in [1.29, 1.82) is 5.26 Å². The van der Waals surface area contributed by atoms with Crippen molar-refractivity contribution < 1.29 is 19.1 Å². The summed E-state index contributed by atoms with van der Waals surface area (Å²) in [6.07, 6.45) is 0. The van der Waals surface area contributed by atoms with Crippen LogP contribution in [0.4, 0.5) is 5.69 Å². The summed E-state index contributed by atoms with van der Waals surface area (Å²) in [7, 11) is 2.44. The third-order valence-corrected chi connectivity index (χ3v) is 5.91. The fourth-order valence-corrected chi connectivity index (χ4v) is 4.35. The second kappa shape index (κ2) is 9.28. The minimum atomic E-state index is -0.896. The quantitative estimate of drug-likeness (QED) is 0.639. The van der Waals surface area contributed by atoms with E-state index in [1.807, 2.05) is 26.0 Å². The Balaban J connectivity index is 2.47. The molecule has 1 aliphatic rings. The zero-order valence-corrected chi connectivity index (χ0v) is 19.7. The molecular weight excluding hydrogens is 474 g/mol. The van der Waals surface area contributed by atoms with Crippen molar-refractivity contribution in [2.75, 3.05) is 19.1 Å². The number of aryl methyl sites for hydroxylation is 1. The molecule has 1 heterocycles. The van der Waals surface area contributed by atoms with Gasteiger partial charge in [0.25, 0.3) is 0 Å².